The molecule has 1 heterocycles. The highest BCUT2D eigenvalue weighted by Gasteiger charge is 2.22. The zero-order valence-corrected chi connectivity index (χ0v) is 12.0. The number of anilines is 1. The van der Waals surface area contributed by atoms with Gasteiger partial charge in [0.15, 0.2) is 0 Å². The predicted molar refractivity (Wildman–Crippen MR) is 78.3 cm³/mol. The molecule has 1 fully saturated rings. The highest BCUT2D eigenvalue weighted by Crippen LogP contribution is 2.13. The molecular formula is C15H21N3O2. The third-order valence-electron chi connectivity index (χ3n) is 3.55. The summed E-state index contributed by atoms with van der Waals surface area (Å²) in [5.41, 5.74) is 7.76. The minimum atomic E-state index is -0.144. The second kappa shape index (κ2) is 5.94. The van der Waals surface area contributed by atoms with E-state index in [0.29, 0.717) is 24.2 Å². The van der Waals surface area contributed by atoms with Gasteiger partial charge in [0.25, 0.3) is 5.91 Å². The third-order valence-corrected chi connectivity index (χ3v) is 3.55. The van der Waals surface area contributed by atoms with Crippen molar-refractivity contribution in [3.63, 3.8) is 0 Å². The lowest BCUT2D eigenvalue weighted by molar-refractivity contribution is -0.127. The van der Waals surface area contributed by atoms with Gasteiger partial charge in [0.2, 0.25) is 5.91 Å². The van der Waals surface area contributed by atoms with Gasteiger partial charge >= 0.3 is 0 Å². The van der Waals surface area contributed by atoms with Crippen LogP contribution in [0.1, 0.15) is 35.7 Å². The molecule has 3 N–H and O–H groups in total. The average Bonchev–Trinajstić information content (AvgIpc) is 2.77. The van der Waals surface area contributed by atoms with E-state index in [-0.39, 0.29) is 17.9 Å². The number of nitrogens with two attached hydrogens (primary N) is 1. The molecular weight excluding hydrogens is 254 g/mol. The van der Waals surface area contributed by atoms with Crippen LogP contribution in [0.2, 0.25) is 0 Å². The van der Waals surface area contributed by atoms with Gasteiger partial charge in [-0.05, 0) is 38.0 Å². The molecule has 108 valence electrons. The molecule has 20 heavy (non-hydrogen) atoms. The van der Waals surface area contributed by atoms with Crippen molar-refractivity contribution in [2.45, 2.75) is 32.7 Å². The summed E-state index contributed by atoms with van der Waals surface area (Å²) in [6.45, 7) is 5.14. The van der Waals surface area contributed by atoms with Gasteiger partial charge in [0, 0.05) is 36.8 Å². The standard InChI is InChI=1S/C15H21N3O2/c1-10-5-6-12(16)8-13(10)15(20)17-11(2)9-18-7-3-4-14(18)19/h5-6,8,11H,3-4,7,9,16H2,1-2H3,(H,17,20). The van der Waals surface area contributed by atoms with Gasteiger partial charge in [0.1, 0.15) is 0 Å². The Bertz CT molecular complexity index is 528. The number of carbonyl (C=O) groups is 2. The lowest BCUT2D eigenvalue weighted by atomic mass is 10.1. The number of nitrogens with one attached hydrogen (secondary N) is 1. The quantitative estimate of drug-likeness (QED) is 0.814. The fraction of sp³-hybridized carbons (Fsp3) is 0.467. The number of benzene rings is 1. The van der Waals surface area contributed by atoms with E-state index in [1.54, 1.807) is 17.0 Å². The summed E-state index contributed by atoms with van der Waals surface area (Å²) >= 11 is 0. The van der Waals surface area contributed by atoms with Crippen molar-refractivity contribution in [1.29, 1.82) is 0 Å². The number of rotatable bonds is 4. The first-order chi connectivity index (χ1) is 9.47. The van der Waals surface area contributed by atoms with Crippen molar-refractivity contribution in [2.24, 2.45) is 0 Å². The smallest absolute Gasteiger partial charge is 0.251 e. The monoisotopic (exact) mass is 275 g/mol. The minimum absolute atomic E-state index is 0.0784. The summed E-state index contributed by atoms with van der Waals surface area (Å²) in [5.74, 6) is 0.0279. The Morgan fingerprint density at radius 1 is 1.50 bits per heavy atom. The predicted octanol–water partition coefficient (Wildman–Crippen LogP) is 1.32. The topological polar surface area (TPSA) is 75.4 Å². The zero-order valence-electron chi connectivity index (χ0n) is 12.0. The van der Waals surface area contributed by atoms with Crippen molar-refractivity contribution in [1.82, 2.24) is 10.2 Å². The summed E-state index contributed by atoms with van der Waals surface area (Å²) in [7, 11) is 0. The van der Waals surface area contributed by atoms with E-state index in [1.807, 2.05) is 19.9 Å². The molecule has 0 aliphatic carbocycles. The summed E-state index contributed by atoms with van der Waals surface area (Å²) in [6, 6.07) is 5.21. The van der Waals surface area contributed by atoms with Crippen LogP contribution in [0.25, 0.3) is 0 Å². The molecule has 1 aromatic carbocycles. The van der Waals surface area contributed by atoms with Crippen LogP contribution >= 0.6 is 0 Å². The first kappa shape index (κ1) is 14.4. The molecule has 1 aromatic rings. The number of carbonyl (C=O) groups excluding carboxylic acids is 2. The summed E-state index contributed by atoms with van der Waals surface area (Å²) < 4.78 is 0. The fourth-order valence-electron chi connectivity index (χ4n) is 2.46. The van der Waals surface area contributed by atoms with Crippen molar-refractivity contribution < 1.29 is 9.59 Å². The first-order valence-corrected chi connectivity index (χ1v) is 6.92. The van der Waals surface area contributed by atoms with Crippen LogP contribution in [0, 0.1) is 6.92 Å². The Morgan fingerprint density at radius 3 is 2.90 bits per heavy atom. The van der Waals surface area contributed by atoms with E-state index in [1.165, 1.54) is 0 Å². The van der Waals surface area contributed by atoms with Gasteiger partial charge < -0.3 is 16.0 Å². The summed E-state index contributed by atoms with van der Waals surface area (Å²) in [4.78, 5) is 25.6. The average molecular weight is 275 g/mol. The zero-order chi connectivity index (χ0) is 14.7. The van der Waals surface area contributed by atoms with Crippen LogP contribution in [0.5, 0.6) is 0 Å². The number of aryl methyl sites for hydroxylation is 1. The summed E-state index contributed by atoms with van der Waals surface area (Å²) in [5, 5.41) is 2.92. The lowest BCUT2D eigenvalue weighted by Gasteiger charge is -2.22. The Labute approximate surface area is 119 Å². The number of nitrogen functional groups attached to an aromatic ring is 1. The summed E-state index contributed by atoms with van der Waals surface area (Å²) in [6.07, 6.45) is 1.53. The maximum absolute atomic E-state index is 12.2. The molecule has 1 unspecified atom stereocenters. The van der Waals surface area contributed by atoms with Crippen LogP contribution in [0.4, 0.5) is 5.69 Å². The van der Waals surface area contributed by atoms with E-state index in [0.717, 1.165) is 18.5 Å². The van der Waals surface area contributed by atoms with Crippen molar-refractivity contribution in [3.05, 3.63) is 29.3 Å². The van der Waals surface area contributed by atoms with Gasteiger partial charge in [-0.3, -0.25) is 9.59 Å². The van der Waals surface area contributed by atoms with E-state index in [4.69, 9.17) is 5.73 Å². The Kier molecular flexibility index (Phi) is 4.27. The van der Waals surface area contributed by atoms with Gasteiger partial charge in [0.05, 0.1) is 0 Å². The Balaban J connectivity index is 1.96. The third kappa shape index (κ3) is 3.29. The fourth-order valence-corrected chi connectivity index (χ4v) is 2.46. The van der Waals surface area contributed by atoms with Crippen molar-refractivity contribution in [3.8, 4) is 0 Å². The number of hydrogen-bond donors (Lipinski definition) is 2. The van der Waals surface area contributed by atoms with Crippen LogP contribution in [0.3, 0.4) is 0 Å². The second-order valence-corrected chi connectivity index (χ2v) is 5.39. The molecule has 1 atom stereocenters. The van der Waals surface area contributed by atoms with Crippen molar-refractivity contribution >= 4 is 17.5 Å². The molecule has 1 aliphatic rings. The van der Waals surface area contributed by atoms with E-state index in [2.05, 4.69) is 5.32 Å². The lowest BCUT2D eigenvalue weighted by Crippen LogP contribution is -2.42. The first-order valence-electron chi connectivity index (χ1n) is 6.92. The molecule has 0 radical (unpaired) electrons. The normalized spacial score (nSPS) is 16.3. The van der Waals surface area contributed by atoms with Gasteiger partial charge in [-0.25, -0.2) is 0 Å². The molecule has 0 spiro atoms. The molecule has 0 saturated carbocycles. The SMILES string of the molecule is Cc1ccc(N)cc1C(=O)NC(C)CN1CCCC1=O. The van der Waals surface area contributed by atoms with Crippen LogP contribution in [0.15, 0.2) is 18.2 Å². The van der Waals surface area contributed by atoms with Gasteiger partial charge in [-0.1, -0.05) is 6.07 Å². The van der Waals surface area contributed by atoms with E-state index < -0.39 is 0 Å². The van der Waals surface area contributed by atoms with Gasteiger partial charge in [-0.2, -0.15) is 0 Å². The number of amides is 2. The molecule has 0 bridgehead atoms. The number of hydrogen-bond acceptors (Lipinski definition) is 3. The van der Waals surface area contributed by atoms with Gasteiger partial charge in [-0.15, -0.1) is 0 Å². The maximum Gasteiger partial charge on any atom is 0.251 e. The largest absolute Gasteiger partial charge is 0.399 e. The van der Waals surface area contributed by atoms with Crippen LogP contribution in [-0.2, 0) is 4.79 Å². The van der Waals surface area contributed by atoms with E-state index >= 15 is 0 Å². The highest BCUT2D eigenvalue weighted by molar-refractivity contribution is 5.96. The number of nitrogens with zero attached hydrogens (tertiary/aromatic N) is 1. The van der Waals surface area contributed by atoms with Crippen LogP contribution in [-0.4, -0.2) is 35.8 Å². The molecule has 5 nitrogen and oxygen atoms in total. The molecule has 2 rings (SSSR count). The maximum atomic E-state index is 12.2. The second-order valence-electron chi connectivity index (χ2n) is 5.39. The molecule has 1 saturated heterocycles. The Morgan fingerprint density at radius 2 is 2.25 bits per heavy atom. The minimum Gasteiger partial charge on any atom is -0.399 e. The van der Waals surface area contributed by atoms with Crippen molar-refractivity contribution in [2.75, 3.05) is 18.8 Å². The molecule has 2 amide bonds. The highest BCUT2D eigenvalue weighted by atomic mass is 16.2. The Hall–Kier alpha value is -2.04. The van der Waals surface area contributed by atoms with Crippen LogP contribution < -0.4 is 11.1 Å². The molecule has 1 aliphatic heterocycles. The molecule has 0 aromatic heterocycles. The van der Waals surface area contributed by atoms with E-state index in [9.17, 15) is 9.59 Å². The number of likely N-dealkylation sites (tertiary alicyclic amines) is 1. The molecule has 5 heteroatoms.